The highest BCUT2D eigenvalue weighted by Gasteiger charge is 2.32. The number of aryl methyl sites for hydroxylation is 1. The Kier molecular flexibility index (Phi) is 5.76. The van der Waals surface area contributed by atoms with Gasteiger partial charge in [0.05, 0.1) is 6.54 Å². The van der Waals surface area contributed by atoms with Crippen molar-refractivity contribution in [2.75, 3.05) is 32.7 Å². The van der Waals surface area contributed by atoms with Gasteiger partial charge in [0.2, 0.25) is 0 Å². The Bertz CT molecular complexity index is 473. The van der Waals surface area contributed by atoms with E-state index in [2.05, 4.69) is 46.3 Å². The first-order chi connectivity index (χ1) is 11.2. The molecule has 4 heteroatoms. The molecule has 2 fully saturated rings. The number of piperidine rings is 1. The van der Waals surface area contributed by atoms with E-state index in [4.69, 9.17) is 0 Å². The molecule has 4 nitrogen and oxygen atoms in total. The molecule has 130 valence electrons. The molecule has 0 bridgehead atoms. The molecule has 0 saturated carbocycles. The van der Waals surface area contributed by atoms with Crippen molar-refractivity contribution in [1.82, 2.24) is 19.4 Å². The lowest BCUT2D eigenvalue weighted by molar-refractivity contribution is 0.135. The van der Waals surface area contributed by atoms with E-state index < -0.39 is 0 Å². The smallest absolute Gasteiger partial charge is 0.122 e. The number of aromatic nitrogens is 2. The average Bonchev–Trinajstić information content (AvgIpc) is 3.17. The van der Waals surface area contributed by atoms with E-state index in [1.54, 1.807) is 0 Å². The van der Waals surface area contributed by atoms with Crippen LogP contribution in [-0.4, -0.2) is 52.1 Å². The van der Waals surface area contributed by atoms with Crippen LogP contribution in [-0.2, 0) is 13.1 Å². The number of nitrogens with zero attached hydrogens (tertiary/aromatic N) is 4. The highest BCUT2D eigenvalue weighted by atomic mass is 15.2. The Morgan fingerprint density at radius 3 is 2.48 bits per heavy atom. The topological polar surface area (TPSA) is 24.3 Å². The predicted octanol–water partition coefficient (Wildman–Crippen LogP) is 3.09. The molecule has 0 spiro atoms. The second kappa shape index (κ2) is 7.80. The lowest BCUT2D eigenvalue weighted by Gasteiger charge is -2.35. The highest BCUT2D eigenvalue weighted by Crippen LogP contribution is 2.32. The summed E-state index contributed by atoms with van der Waals surface area (Å²) in [5, 5.41) is 0. The molecule has 2 saturated heterocycles. The number of hydrogen-bond donors (Lipinski definition) is 0. The summed E-state index contributed by atoms with van der Waals surface area (Å²) < 4.78 is 2.28. The monoisotopic (exact) mass is 318 g/mol. The summed E-state index contributed by atoms with van der Waals surface area (Å²) in [6.07, 6.45) is 8.26. The Morgan fingerprint density at radius 1 is 1.09 bits per heavy atom. The molecular weight excluding hydrogens is 284 g/mol. The van der Waals surface area contributed by atoms with Crippen molar-refractivity contribution in [3.63, 3.8) is 0 Å². The van der Waals surface area contributed by atoms with Crippen LogP contribution in [0.4, 0.5) is 0 Å². The van der Waals surface area contributed by atoms with Gasteiger partial charge >= 0.3 is 0 Å². The standard InChI is InChI=1S/C19H34N4/c1-4-23-12-8-20-19(23)15-22-11-7-18(14-22)17-5-9-21(10-6-17)13-16(2)3/h8,12,16-18H,4-7,9-11,13-15H2,1-3H3. The minimum atomic E-state index is 0.802. The molecule has 2 aliphatic rings. The van der Waals surface area contributed by atoms with E-state index in [9.17, 15) is 0 Å². The molecule has 1 unspecified atom stereocenters. The van der Waals surface area contributed by atoms with Gasteiger partial charge in [0, 0.05) is 32.0 Å². The van der Waals surface area contributed by atoms with E-state index in [1.807, 2.05) is 6.20 Å². The van der Waals surface area contributed by atoms with Crippen LogP contribution in [0.15, 0.2) is 12.4 Å². The third-order valence-corrected chi connectivity index (χ3v) is 5.74. The molecule has 1 aromatic rings. The Labute approximate surface area is 141 Å². The summed E-state index contributed by atoms with van der Waals surface area (Å²) in [4.78, 5) is 9.84. The van der Waals surface area contributed by atoms with Crippen molar-refractivity contribution in [2.45, 2.75) is 53.1 Å². The normalized spacial score (nSPS) is 24.8. The summed E-state index contributed by atoms with van der Waals surface area (Å²) in [6, 6.07) is 0. The van der Waals surface area contributed by atoms with Gasteiger partial charge in [0.15, 0.2) is 0 Å². The lowest BCUT2D eigenvalue weighted by Crippen LogP contribution is -2.38. The number of hydrogen-bond acceptors (Lipinski definition) is 3. The van der Waals surface area contributed by atoms with Crippen LogP contribution < -0.4 is 0 Å². The molecular formula is C19H34N4. The van der Waals surface area contributed by atoms with E-state index in [0.29, 0.717) is 0 Å². The Morgan fingerprint density at radius 2 is 1.78 bits per heavy atom. The molecule has 3 rings (SSSR count). The van der Waals surface area contributed by atoms with Crippen molar-refractivity contribution in [3.8, 4) is 0 Å². The maximum atomic E-state index is 4.54. The number of rotatable bonds is 6. The predicted molar refractivity (Wildman–Crippen MR) is 95.3 cm³/mol. The highest BCUT2D eigenvalue weighted by molar-refractivity contribution is 4.94. The summed E-state index contributed by atoms with van der Waals surface area (Å²) in [7, 11) is 0. The van der Waals surface area contributed by atoms with Crippen molar-refractivity contribution >= 4 is 0 Å². The van der Waals surface area contributed by atoms with Gasteiger partial charge in [-0.25, -0.2) is 4.98 Å². The number of imidazole rings is 1. The van der Waals surface area contributed by atoms with Crippen LogP contribution in [0.1, 0.15) is 45.9 Å². The van der Waals surface area contributed by atoms with E-state index in [-0.39, 0.29) is 0 Å². The fourth-order valence-electron chi connectivity index (χ4n) is 4.49. The second-order valence-electron chi connectivity index (χ2n) is 7.95. The fourth-order valence-corrected chi connectivity index (χ4v) is 4.49. The first-order valence-electron chi connectivity index (χ1n) is 9.60. The molecule has 0 aliphatic carbocycles. The Hall–Kier alpha value is -0.870. The van der Waals surface area contributed by atoms with Crippen molar-refractivity contribution < 1.29 is 0 Å². The summed E-state index contributed by atoms with van der Waals surface area (Å²) in [6.45, 7) is 15.4. The fraction of sp³-hybridized carbons (Fsp3) is 0.842. The summed E-state index contributed by atoms with van der Waals surface area (Å²) >= 11 is 0. The third-order valence-electron chi connectivity index (χ3n) is 5.74. The van der Waals surface area contributed by atoms with E-state index in [1.165, 1.54) is 57.8 Å². The minimum Gasteiger partial charge on any atom is -0.334 e. The van der Waals surface area contributed by atoms with Crippen molar-refractivity contribution in [1.29, 1.82) is 0 Å². The third kappa shape index (κ3) is 4.36. The zero-order valence-corrected chi connectivity index (χ0v) is 15.2. The largest absolute Gasteiger partial charge is 0.334 e. The average molecular weight is 319 g/mol. The summed E-state index contributed by atoms with van der Waals surface area (Å²) in [5.41, 5.74) is 0. The maximum absolute atomic E-state index is 4.54. The first-order valence-corrected chi connectivity index (χ1v) is 9.60. The van der Waals surface area contributed by atoms with Gasteiger partial charge < -0.3 is 9.47 Å². The van der Waals surface area contributed by atoms with Crippen LogP contribution in [0.2, 0.25) is 0 Å². The van der Waals surface area contributed by atoms with Gasteiger partial charge in [-0.2, -0.15) is 0 Å². The SMILES string of the molecule is CCn1ccnc1CN1CCC(C2CCN(CC(C)C)CC2)C1. The van der Waals surface area contributed by atoms with Gasteiger partial charge in [-0.15, -0.1) is 0 Å². The zero-order chi connectivity index (χ0) is 16.2. The Balaban J connectivity index is 1.45. The van der Waals surface area contributed by atoms with Crippen LogP contribution in [0.5, 0.6) is 0 Å². The lowest BCUT2D eigenvalue weighted by atomic mass is 9.83. The van der Waals surface area contributed by atoms with Gasteiger partial charge in [-0.1, -0.05) is 13.8 Å². The van der Waals surface area contributed by atoms with Crippen LogP contribution >= 0.6 is 0 Å². The zero-order valence-electron chi connectivity index (χ0n) is 15.2. The van der Waals surface area contributed by atoms with E-state index in [0.717, 1.165) is 30.8 Å². The first kappa shape index (κ1) is 17.0. The molecule has 0 aromatic carbocycles. The molecule has 0 N–H and O–H groups in total. The molecule has 0 amide bonds. The van der Waals surface area contributed by atoms with E-state index >= 15 is 0 Å². The number of likely N-dealkylation sites (tertiary alicyclic amines) is 2. The molecule has 1 atom stereocenters. The van der Waals surface area contributed by atoms with Gasteiger partial charge in [-0.3, -0.25) is 4.90 Å². The molecule has 23 heavy (non-hydrogen) atoms. The van der Waals surface area contributed by atoms with Crippen molar-refractivity contribution in [3.05, 3.63) is 18.2 Å². The van der Waals surface area contributed by atoms with Crippen molar-refractivity contribution in [2.24, 2.45) is 17.8 Å². The van der Waals surface area contributed by atoms with Crippen LogP contribution in [0.25, 0.3) is 0 Å². The molecule has 1 aromatic heterocycles. The quantitative estimate of drug-likeness (QED) is 0.805. The van der Waals surface area contributed by atoms with Gasteiger partial charge in [0.1, 0.15) is 5.82 Å². The molecule has 2 aliphatic heterocycles. The molecule has 0 radical (unpaired) electrons. The summed E-state index contributed by atoms with van der Waals surface area (Å²) in [5.74, 6) is 3.91. The van der Waals surface area contributed by atoms with Crippen LogP contribution in [0, 0.1) is 17.8 Å². The van der Waals surface area contributed by atoms with Crippen LogP contribution in [0.3, 0.4) is 0 Å². The van der Waals surface area contributed by atoms with Gasteiger partial charge in [0.25, 0.3) is 0 Å². The van der Waals surface area contributed by atoms with Gasteiger partial charge in [-0.05, 0) is 63.6 Å². The second-order valence-corrected chi connectivity index (χ2v) is 7.95. The minimum absolute atomic E-state index is 0.802. The molecule has 3 heterocycles. The maximum Gasteiger partial charge on any atom is 0.122 e.